The number of nitrogens with one attached hydrogen (secondary N) is 1. The van der Waals surface area contributed by atoms with Crippen molar-refractivity contribution in [1.29, 1.82) is 0 Å². The van der Waals surface area contributed by atoms with Gasteiger partial charge in [-0.25, -0.2) is 0 Å². The minimum Gasteiger partial charge on any atom is -0.494 e. The van der Waals surface area contributed by atoms with Crippen molar-refractivity contribution in [3.8, 4) is 5.75 Å². The number of carbonyl (C=O) groups excluding carboxylic acids is 1. The summed E-state index contributed by atoms with van der Waals surface area (Å²) < 4.78 is 5.46. The van der Waals surface area contributed by atoms with Crippen LogP contribution in [-0.4, -0.2) is 30.3 Å². The molecule has 0 radical (unpaired) electrons. The van der Waals surface area contributed by atoms with Gasteiger partial charge in [0.2, 0.25) is 0 Å². The maximum atomic E-state index is 11.9. The summed E-state index contributed by atoms with van der Waals surface area (Å²) in [6, 6.07) is 5.36. The van der Waals surface area contributed by atoms with Gasteiger partial charge in [-0.3, -0.25) is 4.79 Å². The highest BCUT2D eigenvalue weighted by atomic mass is 16.5. The summed E-state index contributed by atoms with van der Waals surface area (Å²) >= 11 is 0. The minimum atomic E-state index is -0.142. The smallest absolute Gasteiger partial charge is 0.251 e. The molecule has 0 aliphatic rings. The number of aliphatic hydroxyl groups excluding tert-OH is 1. The van der Waals surface area contributed by atoms with Gasteiger partial charge in [-0.05, 0) is 44.9 Å². The van der Waals surface area contributed by atoms with Crippen LogP contribution >= 0.6 is 0 Å². The van der Waals surface area contributed by atoms with Crippen LogP contribution in [0, 0.1) is 6.92 Å². The second kappa shape index (κ2) is 7.01. The highest BCUT2D eigenvalue weighted by molar-refractivity contribution is 5.94. The monoisotopic (exact) mass is 251 g/mol. The van der Waals surface area contributed by atoms with Crippen LogP contribution in [0.2, 0.25) is 0 Å². The van der Waals surface area contributed by atoms with Crippen LogP contribution < -0.4 is 10.1 Å². The first kappa shape index (κ1) is 14.5. The fourth-order valence-corrected chi connectivity index (χ4v) is 1.63. The lowest BCUT2D eigenvalue weighted by molar-refractivity contribution is 0.0934. The molecule has 1 atom stereocenters. The number of aryl methyl sites for hydroxylation is 1. The van der Waals surface area contributed by atoms with E-state index in [1.54, 1.807) is 12.1 Å². The fourth-order valence-electron chi connectivity index (χ4n) is 1.63. The molecule has 0 fully saturated rings. The average Bonchev–Trinajstić information content (AvgIpc) is 2.32. The molecule has 0 aliphatic carbocycles. The van der Waals surface area contributed by atoms with Gasteiger partial charge in [0, 0.05) is 18.2 Å². The number of ether oxygens (including phenoxy) is 1. The van der Waals surface area contributed by atoms with Crippen molar-refractivity contribution < 1.29 is 14.6 Å². The molecule has 2 N–H and O–H groups in total. The van der Waals surface area contributed by atoms with Crippen LogP contribution in [0.3, 0.4) is 0 Å². The largest absolute Gasteiger partial charge is 0.494 e. The molecule has 1 aromatic carbocycles. The van der Waals surface area contributed by atoms with Crippen LogP contribution in [0.4, 0.5) is 0 Å². The molecular formula is C14H21NO3. The number of carbonyl (C=O) groups is 1. The molecule has 0 aliphatic heterocycles. The Labute approximate surface area is 108 Å². The number of hydrogen-bond donors (Lipinski definition) is 2. The van der Waals surface area contributed by atoms with Crippen LogP contribution in [0.15, 0.2) is 18.2 Å². The van der Waals surface area contributed by atoms with Gasteiger partial charge >= 0.3 is 0 Å². The molecule has 0 saturated heterocycles. The Morgan fingerprint density at radius 2 is 2.22 bits per heavy atom. The Morgan fingerprint density at radius 3 is 2.83 bits per heavy atom. The second-order valence-electron chi connectivity index (χ2n) is 4.30. The Bertz CT molecular complexity index is 404. The van der Waals surface area contributed by atoms with E-state index in [1.807, 2.05) is 26.8 Å². The van der Waals surface area contributed by atoms with Crippen molar-refractivity contribution in [1.82, 2.24) is 5.32 Å². The van der Waals surface area contributed by atoms with Crippen LogP contribution in [0.25, 0.3) is 0 Å². The molecule has 1 aromatic rings. The Morgan fingerprint density at radius 1 is 1.50 bits per heavy atom. The molecule has 18 heavy (non-hydrogen) atoms. The first-order chi connectivity index (χ1) is 8.58. The summed E-state index contributed by atoms with van der Waals surface area (Å²) in [5, 5.41) is 11.6. The SMILES string of the molecule is CCOc1cc(C(=O)NC(C)CCO)ccc1C. The zero-order valence-corrected chi connectivity index (χ0v) is 11.2. The fraction of sp³-hybridized carbons (Fsp3) is 0.500. The molecule has 1 amide bonds. The van der Waals surface area contributed by atoms with Crippen molar-refractivity contribution in [2.45, 2.75) is 33.2 Å². The van der Waals surface area contributed by atoms with Gasteiger partial charge in [0.25, 0.3) is 5.91 Å². The highest BCUT2D eigenvalue weighted by Gasteiger charge is 2.11. The van der Waals surface area contributed by atoms with Gasteiger partial charge < -0.3 is 15.2 Å². The van der Waals surface area contributed by atoms with Gasteiger partial charge in [0.15, 0.2) is 0 Å². The van der Waals surface area contributed by atoms with E-state index < -0.39 is 0 Å². The third-order valence-corrected chi connectivity index (χ3v) is 2.69. The Kier molecular flexibility index (Phi) is 5.65. The van der Waals surface area contributed by atoms with E-state index in [2.05, 4.69) is 5.32 Å². The number of benzene rings is 1. The van der Waals surface area contributed by atoms with Crippen molar-refractivity contribution in [2.24, 2.45) is 0 Å². The maximum absolute atomic E-state index is 11.9. The van der Waals surface area contributed by atoms with Gasteiger partial charge in [0.1, 0.15) is 5.75 Å². The maximum Gasteiger partial charge on any atom is 0.251 e. The van der Waals surface area contributed by atoms with Crippen LogP contribution in [0.1, 0.15) is 36.2 Å². The molecule has 0 saturated carbocycles. The zero-order valence-electron chi connectivity index (χ0n) is 11.2. The Balaban J connectivity index is 2.76. The number of hydrogen-bond acceptors (Lipinski definition) is 3. The first-order valence-corrected chi connectivity index (χ1v) is 6.23. The van der Waals surface area contributed by atoms with E-state index in [0.717, 1.165) is 11.3 Å². The van der Waals surface area contributed by atoms with Gasteiger partial charge in [0.05, 0.1) is 6.61 Å². The number of rotatable bonds is 6. The quantitative estimate of drug-likeness (QED) is 0.811. The molecule has 0 spiro atoms. The third-order valence-electron chi connectivity index (χ3n) is 2.69. The summed E-state index contributed by atoms with van der Waals surface area (Å²) in [6.45, 7) is 6.37. The van der Waals surface area contributed by atoms with Gasteiger partial charge in [-0.15, -0.1) is 0 Å². The lowest BCUT2D eigenvalue weighted by Crippen LogP contribution is -2.33. The van der Waals surface area contributed by atoms with E-state index in [0.29, 0.717) is 18.6 Å². The summed E-state index contributed by atoms with van der Waals surface area (Å²) in [7, 11) is 0. The molecule has 4 heteroatoms. The predicted molar refractivity (Wildman–Crippen MR) is 71.0 cm³/mol. The summed E-state index contributed by atoms with van der Waals surface area (Å²) in [5.74, 6) is 0.594. The average molecular weight is 251 g/mol. The molecule has 100 valence electrons. The summed E-state index contributed by atoms with van der Waals surface area (Å²) in [5.41, 5.74) is 1.59. The second-order valence-corrected chi connectivity index (χ2v) is 4.30. The minimum absolute atomic E-state index is 0.0423. The lowest BCUT2D eigenvalue weighted by atomic mass is 10.1. The van der Waals surface area contributed by atoms with E-state index in [4.69, 9.17) is 9.84 Å². The van der Waals surface area contributed by atoms with Gasteiger partial charge in [-0.2, -0.15) is 0 Å². The summed E-state index contributed by atoms with van der Waals surface area (Å²) in [6.07, 6.45) is 0.552. The number of amides is 1. The van der Waals surface area contributed by atoms with Crippen molar-refractivity contribution in [3.05, 3.63) is 29.3 Å². The van der Waals surface area contributed by atoms with E-state index in [1.165, 1.54) is 0 Å². The molecule has 0 heterocycles. The van der Waals surface area contributed by atoms with E-state index >= 15 is 0 Å². The number of aliphatic hydroxyl groups is 1. The molecular weight excluding hydrogens is 230 g/mol. The first-order valence-electron chi connectivity index (χ1n) is 6.23. The normalized spacial score (nSPS) is 12.0. The van der Waals surface area contributed by atoms with Crippen LogP contribution in [-0.2, 0) is 0 Å². The van der Waals surface area contributed by atoms with Crippen molar-refractivity contribution in [3.63, 3.8) is 0 Å². The molecule has 4 nitrogen and oxygen atoms in total. The van der Waals surface area contributed by atoms with Gasteiger partial charge in [-0.1, -0.05) is 6.07 Å². The topological polar surface area (TPSA) is 58.6 Å². The summed E-state index contributed by atoms with van der Waals surface area (Å²) in [4.78, 5) is 11.9. The van der Waals surface area contributed by atoms with Crippen molar-refractivity contribution >= 4 is 5.91 Å². The highest BCUT2D eigenvalue weighted by Crippen LogP contribution is 2.19. The predicted octanol–water partition coefficient (Wildman–Crippen LogP) is 1.89. The molecule has 0 bridgehead atoms. The Hall–Kier alpha value is -1.55. The van der Waals surface area contributed by atoms with E-state index in [9.17, 15) is 4.79 Å². The molecule has 1 unspecified atom stereocenters. The van der Waals surface area contributed by atoms with Crippen molar-refractivity contribution in [2.75, 3.05) is 13.2 Å². The molecule has 1 rings (SSSR count). The van der Waals surface area contributed by atoms with Crippen LogP contribution in [0.5, 0.6) is 5.75 Å². The standard InChI is InChI=1S/C14H21NO3/c1-4-18-13-9-12(6-5-10(13)2)14(17)15-11(3)7-8-16/h5-6,9,11,16H,4,7-8H2,1-3H3,(H,15,17). The molecule has 0 aromatic heterocycles. The zero-order chi connectivity index (χ0) is 13.5. The third kappa shape index (κ3) is 4.04. The van der Waals surface area contributed by atoms with E-state index in [-0.39, 0.29) is 18.6 Å². The lowest BCUT2D eigenvalue weighted by Gasteiger charge is -2.14.